The molecule has 1 heterocycles. The maximum Gasteiger partial charge on any atom is 0.322 e. The van der Waals surface area contributed by atoms with Gasteiger partial charge in [0.2, 0.25) is 10.0 Å². The lowest BCUT2D eigenvalue weighted by atomic mass is 10.1. The second-order valence-electron chi connectivity index (χ2n) is 6.15. The molecule has 142 valence electrons. The highest BCUT2D eigenvalue weighted by atomic mass is 32.2. The van der Waals surface area contributed by atoms with E-state index in [0.717, 1.165) is 0 Å². The number of carbonyl (C=O) groups excluding carboxylic acids is 1. The molecular weight excluding hydrogens is 372 g/mol. The molecule has 0 aromatic heterocycles. The van der Waals surface area contributed by atoms with Crippen molar-refractivity contribution in [1.82, 2.24) is 4.72 Å². The van der Waals surface area contributed by atoms with E-state index in [2.05, 4.69) is 10.0 Å². The van der Waals surface area contributed by atoms with Crippen molar-refractivity contribution in [2.24, 2.45) is 0 Å². The number of carboxylic acids is 1. The van der Waals surface area contributed by atoms with Gasteiger partial charge < -0.3 is 15.2 Å². The highest BCUT2D eigenvalue weighted by Crippen LogP contribution is 2.33. The van der Waals surface area contributed by atoms with Gasteiger partial charge in [-0.05, 0) is 30.5 Å². The van der Waals surface area contributed by atoms with Crippen molar-refractivity contribution in [2.45, 2.75) is 24.3 Å². The number of amides is 1. The van der Waals surface area contributed by atoms with Crippen molar-refractivity contribution in [1.29, 1.82) is 0 Å². The van der Waals surface area contributed by atoms with Crippen molar-refractivity contribution >= 4 is 27.6 Å². The van der Waals surface area contributed by atoms with Crippen LogP contribution >= 0.6 is 0 Å². The van der Waals surface area contributed by atoms with Crippen LogP contribution < -0.4 is 14.8 Å². The maximum absolute atomic E-state index is 12.8. The van der Waals surface area contributed by atoms with Gasteiger partial charge in [0.05, 0.1) is 10.6 Å². The summed E-state index contributed by atoms with van der Waals surface area (Å²) in [5.41, 5.74) is 1.43. The molecule has 1 amide bonds. The molecule has 0 aliphatic carbocycles. The summed E-state index contributed by atoms with van der Waals surface area (Å²) in [6.07, 6.45) is 0.00590. The molecule has 0 saturated heterocycles. The number of fused-ring (bicyclic) bond motifs is 1. The minimum absolute atomic E-state index is 0.00590. The number of anilines is 1. The van der Waals surface area contributed by atoms with E-state index in [0.29, 0.717) is 16.8 Å². The van der Waals surface area contributed by atoms with Gasteiger partial charge in [0.1, 0.15) is 11.8 Å². The SMILES string of the molecule is Cc1cc2c(cc1S(=O)(=O)NC(Cc1ccccc1)C(=O)O)OCC(=O)N2. The lowest BCUT2D eigenvalue weighted by Gasteiger charge is -2.21. The van der Waals surface area contributed by atoms with E-state index in [1.54, 1.807) is 37.3 Å². The minimum atomic E-state index is -4.13. The van der Waals surface area contributed by atoms with Crippen LogP contribution in [0.1, 0.15) is 11.1 Å². The van der Waals surface area contributed by atoms with Gasteiger partial charge in [-0.3, -0.25) is 9.59 Å². The maximum atomic E-state index is 12.8. The third-order valence-corrected chi connectivity index (χ3v) is 5.69. The third-order valence-electron chi connectivity index (χ3n) is 4.08. The topological polar surface area (TPSA) is 122 Å². The van der Waals surface area contributed by atoms with Gasteiger partial charge in [0, 0.05) is 6.07 Å². The number of sulfonamides is 1. The largest absolute Gasteiger partial charge is 0.482 e. The molecule has 0 saturated carbocycles. The Morgan fingerprint density at radius 3 is 2.67 bits per heavy atom. The molecule has 2 aromatic rings. The Labute approximate surface area is 156 Å². The van der Waals surface area contributed by atoms with E-state index in [4.69, 9.17) is 4.74 Å². The second kappa shape index (κ2) is 7.37. The van der Waals surface area contributed by atoms with Crippen LogP contribution in [0.25, 0.3) is 0 Å². The van der Waals surface area contributed by atoms with Gasteiger partial charge >= 0.3 is 5.97 Å². The molecule has 0 spiro atoms. The normalized spacial score (nSPS) is 14.6. The molecule has 0 fully saturated rings. The molecule has 2 aromatic carbocycles. The van der Waals surface area contributed by atoms with Crippen LogP contribution in [0, 0.1) is 6.92 Å². The summed E-state index contributed by atoms with van der Waals surface area (Å²) in [6.45, 7) is 1.34. The number of rotatable bonds is 6. The van der Waals surface area contributed by atoms with Crippen LogP contribution in [0.15, 0.2) is 47.4 Å². The molecular formula is C18H18N2O6S. The number of hydrogen-bond acceptors (Lipinski definition) is 5. The van der Waals surface area contributed by atoms with Crippen molar-refractivity contribution in [3.63, 3.8) is 0 Å². The van der Waals surface area contributed by atoms with Gasteiger partial charge in [-0.2, -0.15) is 4.72 Å². The van der Waals surface area contributed by atoms with Crippen molar-refractivity contribution in [2.75, 3.05) is 11.9 Å². The Kier molecular flexibility index (Phi) is 5.15. The lowest BCUT2D eigenvalue weighted by Crippen LogP contribution is -2.42. The molecule has 3 N–H and O–H groups in total. The molecule has 9 heteroatoms. The Morgan fingerprint density at radius 2 is 2.00 bits per heavy atom. The first kappa shape index (κ1) is 18.9. The first-order valence-corrected chi connectivity index (χ1v) is 9.61. The Morgan fingerprint density at radius 1 is 1.30 bits per heavy atom. The summed E-state index contributed by atoms with van der Waals surface area (Å²) in [5.74, 6) is -1.39. The van der Waals surface area contributed by atoms with Crippen molar-refractivity contribution in [3.05, 3.63) is 53.6 Å². The molecule has 27 heavy (non-hydrogen) atoms. The molecule has 0 bridgehead atoms. The first-order valence-electron chi connectivity index (χ1n) is 8.12. The van der Waals surface area contributed by atoms with Gasteiger partial charge in [0.25, 0.3) is 5.91 Å². The van der Waals surface area contributed by atoms with Gasteiger partial charge in [-0.25, -0.2) is 8.42 Å². The number of benzene rings is 2. The molecule has 1 aliphatic heterocycles. The molecule has 0 radical (unpaired) electrons. The summed E-state index contributed by atoms with van der Waals surface area (Å²) < 4.78 is 33.1. The van der Waals surface area contributed by atoms with Crippen LogP contribution in [0.3, 0.4) is 0 Å². The van der Waals surface area contributed by atoms with Crippen molar-refractivity contribution < 1.29 is 27.9 Å². The highest BCUT2D eigenvalue weighted by molar-refractivity contribution is 7.89. The number of carbonyl (C=O) groups is 2. The number of ether oxygens (including phenoxy) is 1. The van der Waals surface area contributed by atoms with Crippen LogP contribution in [0.5, 0.6) is 5.75 Å². The van der Waals surface area contributed by atoms with E-state index in [1.165, 1.54) is 12.1 Å². The van der Waals surface area contributed by atoms with Crippen molar-refractivity contribution in [3.8, 4) is 5.75 Å². The lowest BCUT2D eigenvalue weighted by molar-refractivity contribution is -0.138. The standard InChI is InChI=1S/C18H18N2O6S/c1-11-7-13-15(26-10-17(21)19-13)9-16(11)27(24,25)20-14(18(22)23)8-12-5-3-2-4-6-12/h2-7,9,14,20H,8,10H2,1H3,(H,19,21)(H,22,23). The molecule has 3 rings (SSSR count). The zero-order chi connectivity index (χ0) is 19.6. The molecule has 1 atom stereocenters. The van der Waals surface area contributed by atoms with Gasteiger partial charge in [0.15, 0.2) is 6.61 Å². The minimum Gasteiger partial charge on any atom is -0.482 e. The van der Waals surface area contributed by atoms with E-state index < -0.39 is 22.0 Å². The van der Waals surface area contributed by atoms with E-state index in [-0.39, 0.29) is 29.6 Å². The van der Waals surface area contributed by atoms with Crippen LogP contribution in [0.2, 0.25) is 0 Å². The van der Waals surface area contributed by atoms with Gasteiger partial charge in [-0.15, -0.1) is 0 Å². The Bertz CT molecular complexity index is 988. The predicted octanol–water partition coefficient (Wildman–Crippen LogP) is 1.30. The van der Waals surface area contributed by atoms with Gasteiger partial charge in [-0.1, -0.05) is 30.3 Å². The summed E-state index contributed by atoms with van der Waals surface area (Å²) in [6, 6.07) is 10.2. The zero-order valence-corrected chi connectivity index (χ0v) is 15.2. The zero-order valence-electron chi connectivity index (χ0n) is 14.4. The monoisotopic (exact) mass is 390 g/mol. The fourth-order valence-electron chi connectivity index (χ4n) is 2.79. The van der Waals surface area contributed by atoms with Crippen LogP contribution in [0.4, 0.5) is 5.69 Å². The van der Waals surface area contributed by atoms with E-state index in [9.17, 15) is 23.1 Å². The Balaban J connectivity index is 1.89. The smallest absolute Gasteiger partial charge is 0.322 e. The summed E-state index contributed by atoms with van der Waals surface area (Å²) in [4.78, 5) is 22.8. The fraction of sp³-hybridized carbons (Fsp3) is 0.222. The summed E-state index contributed by atoms with van der Waals surface area (Å²) in [5, 5.41) is 12.0. The first-order chi connectivity index (χ1) is 12.8. The fourth-order valence-corrected chi connectivity index (χ4v) is 4.22. The van der Waals surface area contributed by atoms with Crippen LogP contribution in [-0.2, 0) is 26.0 Å². The predicted molar refractivity (Wildman–Crippen MR) is 97.2 cm³/mol. The number of carboxylic acid groups (broad SMARTS) is 1. The third kappa shape index (κ3) is 4.26. The average molecular weight is 390 g/mol. The number of nitrogens with one attached hydrogen (secondary N) is 2. The van der Waals surface area contributed by atoms with Crippen LogP contribution in [-0.4, -0.2) is 38.0 Å². The second-order valence-corrected chi connectivity index (χ2v) is 7.83. The molecule has 1 unspecified atom stereocenters. The Hall–Kier alpha value is -2.91. The highest BCUT2D eigenvalue weighted by Gasteiger charge is 2.28. The number of aliphatic carboxylic acids is 1. The molecule has 1 aliphatic rings. The summed E-state index contributed by atoms with van der Waals surface area (Å²) >= 11 is 0. The van der Waals surface area contributed by atoms with E-state index >= 15 is 0 Å². The number of hydrogen-bond donors (Lipinski definition) is 3. The molecule has 8 nitrogen and oxygen atoms in total. The average Bonchev–Trinajstić information content (AvgIpc) is 2.61. The van der Waals surface area contributed by atoms with E-state index in [1.807, 2.05) is 0 Å². The number of aryl methyl sites for hydroxylation is 1. The quantitative estimate of drug-likeness (QED) is 0.683. The summed E-state index contributed by atoms with van der Waals surface area (Å²) in [7, 11) is -4.13.